The molecule has 21 heavy (non-hydrogen) atoms. The highest BCUT2D eigenvalue weighted by atomic mass is 32.2. The summed E-state index contributed by atoms with van der Waals surface area (Å²) < 4.78 is 26.0. The lowest BCUT2D eigenvalue weighted by atomic mass is 10.0. The van der Waals surface area contributed by atoms with Gasteiger partial charge >= 0.3 is 0 Å². The van der Waals surface area contributed by atoms with Gasteiger partial charge in [0, 0.05) is 23.3 Å². The highest BCUT2D eigenvalue weighted by Gasteiger charge is 2.29. The van der Waals surface area contributed by atoms with Gasteiger partial charge in [0.2, 0.25) is 0 Å². The Morgan fingerprint density at radius 1 is 0.762 bits per heavy atom. The van der Waals surface area contributed by atoms with Crippen LogP contribution in [0.1, 0.15) is 34.5 Å². The smallest absolute Gasteiger partial charge is 0.135 e. The first-order chi connectivity index (χ1) is 10.1. The molecule has 0 radical (unpaired) electrons. The lowest BCUT2D eigenvalue weighted by molar-refractivity contribution is -0.119. The van der Waals surface area contributed by atoms with Crippen molar-refractivity contribution < 1.29 is 13.6 Å². The molecule has 0 saturated carbocycles. The molecule has 0 bridgehead atoms. The number of rotatable bonds is 2. The quantitative estimate of drug-likeness (QED) is 0.789. The van der Waals surface area contributed by atoms with Gasteiger partial charge in [-0.1, -0.05) is 24.3 Å². The van der Waals surface area contributed by atoms with Crippen LogP contribution in [0.5, 0.6) is 0 Å². The van der Waals surface area contributed by atoms with E-state index in [4.69, 9.17) is 0 Å². The van der Waals surface area contributed by atoms with E-state index in [2.05, 4.69) is 0 Å². The molecule has 3 rings (SSSR count). The molecule has 0 aliphatic carbocycles. The van der Waals surface area contributed by atoms with Crippen molar-refractivity contribution in [3.8, 4) is 0 Å². The van der Waals surface area contributed by atoms with E-state index in [1.807, 2.05) is 0 Å². The Morgan fingerprint density at radius 3 is 1.52 bits per heavy atom. The molecule has 108 valence electrons. The average Bonchev–Trinajstić information content (AvgIpc) is 2.48. The monoisotopic (exact) mass is 304 g/mol. The second-order valence-electron chi connectivity index (χ2n) is 5.16. The van der Waals surface area contributed by atoms with Crippen LogP contribution in [0.25, 0.3) is 0 Å². The summed E-state index contributed by atoms with van der Waals surface area (Å²) in [5.41, 5.74) is 1.92. The normalized spacial score (nSPS) is 22.3. The van der Waals surface area contributed by atoms with Crippen LogP contribution in [-0.2, 0) is 4.79 Å². The van der Waals surface area contributed by atoms with Crippen LogP contribution in [0.2, 0.25) is 0 Å². The minimum atomic E-state index is -0.277. The number of Topliss-reactive ketones (excluding diaryl/α,β-unsaturated/α-hetero) is 1. The summed E-state index contributed by atoms with van der Waals surface area (Å²) in [6.45, 7) is 0. The van der Waals surface area contributed by atoms with E-state index >= 15 is 0 Å². The van der Waals surface area contributed by atoms with Crippen LogP contribution >= 0.6 is 11.8 Å². The van der Waals surface area contributed by atoms with Crippen molar-refractivity contribution in [1.82, 2.24) is 0 Å². The number of ketones is 1. The molecule has 0 aromatic heterocycles. The fourth-order valence-electron chi connectivity index (χ4n) is 2.54. The van der Waals surface area contributed by atoms with E-state index in [9.17, 15) is 13.6 Å². The van der Waals surface area contributed by atoms with Crippen molar-refractivity contribution in [2.75, 3.05) is 0 Å². The molecule has 1 saturated heterocycles. The Labute approximate surface area is 126 Å². The number of benzene rings is 2. The zero-order valence-corrected chi connectivity index (χ0v) is 12.1. The summed E-state index contributed by atoms with van der Waals surface area (Å²) >= 11 is 1.69. The van der Waals surface area contributed by atoms with Crippen molar-refractivity contribution in [2.24, 2.45) is 0 Å². The number of halogens is 2. The molecule has 1 aliphatic rings. The summed E-state index contributed by atoms with van der Waals surface area (Å²) in [4.78, 5) is 12.0. The predicted octanol–water partition coefficient (Wildman–Crippen LogP) is 4.84. The molecule has 1 nitrogen and oxygen atoms in total. The van der Waals surface area contributed by atoms with Crippen molar-refractivity contribution in [2.45, 2.75) is 23.3 Å². The van der Waals surface area contributed by atoms with Crippen molar-refractivity contribution in [3.05, 3.63) is 71.3 Å². The van der Waals surface area contributed by atoms with E-state index in [0.717, 1.165) is 11.1 Å². The summed E-state index contributed by atoms with van der Waals surface area (Å²) in [5, 5.41) is 0.0591. The SMILES string of the molecule is O=C1C[C@@H](c2ccc(F)cc2)S[C@@H](c2ccc(F)cc2)C1. The molecule has 0 N–H and O–H groups in total. The van der Waals surface area contributed by atoms with Gasteiger partial charge in [-0.2, -0.15) is 0 Å². The molecule has 4 heteroatoms. The lowest BCUT2D eigenvalue weighted by Gasteiger charge is -2.28. The van der Waals surface area contributed by atoms with Crippen LogP contribution in [-0.4, -0.2) is 5.78 Å². The molecule has 2 aromatic rings. The van der Waals surface area contributed by atoms with Gasteiger partial charge in [-0.3, -0.25) is 4.79 Å². The standard InChI is InChI=1S/C17H14F2OS/c18-13-5-1-11(2-6-13)16-9-15(20)10-17(21-16)12-3-7-14(19)8-4-12/h1-8,16-17H,9-10H2/t16-,17+. The highest BCUT2D eigenvalue weighted by Crippen LogP contribution is 2.48. The molecule has 1 aliphatic heterocycles. The van der Waals surface area contributed by atoms with Gasteiger partial charge in [0.05, 0.1) is 0 Å². The third kappa shape index (κ3) is 3.32. The maximum absolute atomic E-state index is 13.0. The topological polar surface area (TPSA) is 17.1 Å². The minimum absolute atomic E-state index is 0.0295. The Kier molecular flexibility index (Phi) is 4.06. The Balaban J connectivity index is 1.82. The molecule has 1 fully saturated rings. The van der Waals surface area contributed by atoms with E-state index in [1.165, 1.54) is 24.3 Å². The number of thioether (sulfide) groups is 1. The molecular formula is C17H14F2OS. The number of carbonyl (C=O) groups is 1. The van der Waals surface area contributed by atoms with Gasteiger partial charge < -0.3 is 0 Å². The number of hydrogen-bond donors (Lipinski definition) is 0. The Hall–Kier alpha value is -1.68. The fourth-order valence-corrected chi connectivity index (χ4v) is 4.13. The second kappa shape index (κ2) is 5.98. The first-order valence-corrected chi connectivity index (χ1v) is 7.74. The highest BCUT2D eigenvalue weighted by molar-refractivity contribution is 7.99. The molecular weight excluding hydrogens is 290 g/mol. The average molecular weight is 304 g/mol. The molecule has 2 aromatic carbocycles. The molecule has 2 atom stereocenters. The fraction of sp³-hybridized carbons (Fsp3) is 0.235. The summed E-state index contributed by atoms with van der Waals surface area (Å²) in [7, 11) is 0. The van der Waals surface area contributed by atoms with Crippen molar-refractivity contribution >= 4 is 17.5 Å². The maximum Gasteiger partial charge on any atom is 0.135 e. The number of carbonyl (C=O) groups excluding carboxylic acids is 1. The van der Waals surface area contributed by atoms with Gasteiger partial charge in [0.1, 0.15) is 17.4 Å². The van der Waals surface area contributed by atoms with Crippen molar-refractivity contribution in [3.63, 3.8) is 0 Å². The summed E-state index contributed by atoms with van der Waals surface area (Å²) in [6, 6.07) is 12.6. The Bertz CT molecular complexity index is 581. The van der Waals surface area contributed by atoms with Crippen LogP contribution in [0.4, 0.5) is 8.78 Å². The molecule has 0 amide bonds. The summed E-state index contributed by atoms with van der Waals surface area (Å²) in [6.07, 6.45) is 0.933. The van der Waals surface area contributed by atoms with E-state index < -0.39 is 0 Å². The van der Waals surface area contributed by atoms with Gasteiger partial charge in [-0.25, -0.2) is 8.78 Å². The Morgan fingerprint density at radius 2 is 1.14 bits per heavy atom. The van der Waals surface area contributed by atoms with E-state index in [1.54, 1.807) is 36.0 Å². The van der Waals surface area contributed by atoms with Gasteiger partial charge in [0.25, 0.3) is 0 Å². The van der Waals surface area contributed by atoms with Gasteiger partial charge in [-0.15, -0.1) is 11.8 Å². The zero-order valence-electron chi connectivity index (χ0n) is 11.3. The molecule has 0 spiro atoms. The molecule has 0 unspecified atom stereocenters. The first-order valence-electron chi connectivity index (χ1n) is 6.80. The second-order valence-corrected chi connectivity index (χ2v) is 6.57. The van der Waals surface area contributed by atoms with Crippen LogP contribution in [0.3, 0.4) is 0 Å². The maximum atomic E-state index is 13.0. The molecule has 1 heterocycles. The summed E-state index contributed by atoms with van der Waals surface area (Å²) in [5.74, 6) is -0.362. The van der Waals surface area contributed by atoms with Gasteiger partial charge in [-0.05, 0) is 35.4 Å². The predicted molar refractivity (Wildman–Crippen MR) is 80.1 cm³/mol. The van der Waals surface area contributed by atoms with Gasteiger partial charge in [0.15, 0.2) is 0 Å². The van der Waals surface area contributed by atoms with Crippen molar-refractivity contribution in [1.29, 1.82) is 0 Å². The minimum Gasteiger partial charge on any atom is -0.300 e. The van der Waals surface area contributed by atoms with Crippen LogP contribution < -0.4 is 0 Å². The van der Waals surface area contributed by atoms with E-state index in [-0.39, 0.29) is 27.9 Å². The van der Waals surface area contributed by atoms with Crippen LogP contribution in [0, 0.1) is 11.6 Å². The zero-order chi connectivity index (χ0) is 14.8. The van der Waals surface area contributed by atoms with Crippen LogP contribution in [0.15, 0.2) is 48.5 Å². The third-order valence-electron chi connectivity index (χ3n) is 3.64. The third-order valence-corrected chi connectivity index (χ3v) is 5.17. The largest absolute Gasteiger partial charge is 0.300 e. The number of hydrogen-bond acceptors (Lipinski definition) is 2. The van der Waals surface area contributed by atoms with E-state index in [0.29, 0.717) is 12.8 Å². The first kappa shape index (κ1) is 14.3. The lowest BCUT2D eigenvalue weighted by Crippen LogP contribution is -2.16.